The molecule has 2 heterocycles. The minimum Gasteiger partial charge on any atom is -0.228 e. The van der Waals surface area contributed by atoms with Gasteiger partial charge >= 0.3 is 0 Å². The molecule has 0 radical (unpaired) electrons. The van der Waals surface area contributed by atoms with Gasteiger partial charge in [0.15, 0.2) is 23.3 Å². The van der Waals surface area contributed by atoms with Crippen molar-refractivity contribution in [2.24, 2.45) is 0 Å². The fourth-order valence-electron chi connectivity index (χ4n) is 6.57. The van der Waals surface area contributed by atoms with Crippen LogP contribution in [0.5, 0.6) is 0 Å². The molecule has 0 atom stereocenters. The van der Waals surface area contributed by atoms with E-state index in [1.165, 1.54) is 0 Å². The highest BCUT2D eigenvalue weighted by Gasteiger charge is 2.18. The Morgan fingerprint density at radius 1 is 0.269 bits per heavy atom. The third-order valence-electron chi connectivity index (χ3n) is 9.17. The monoisotopic (exact) mass is 665 g/mol. The first-order chi connectivity index (χ1) is 25.8. The summed E-state index contributed by atoms with van der Waals surface area (Å²) in [5.74, 6) is 2.58. The number of nitrogens with zero attached hydrogens (tertiary/aromatic N) is 5. The summed E-state index contributed by atoms with van der Waals surface area (Å²) in [6, 6.07) is 64.1. The molecule has 5 heteroatoms. The van der Waals surface area contributed by atoms with Crippen molar-refractivity contribution in [3.8, 4) is 79.2 Å². The normalized spacial score (nSPS) is 11.1. The van der Waals surface area contributed by atoms with Crippen LogP contribution >= 0.6 is 0 Å². The van der Waals surface area contributed by atoms with Crippen LogP contribution in [0.1, 0.15) is 0 Å². The zero-order valence-corrected chi connectivity index (χ0v) is 28.1. The van der Waals surface area contributed by atoms with Crippen LogP contribution in [0.15, 0.2) is 188 Å². The Balaban J connectivity index is 1.20. The topological polar surface area (TPSA) is 64.5 Å². The first-order valence-electron chi connectivity index (χ1n) is 17.3. The van der Waals surface area contributed by atoms with Crippen LogP contribution < -0.4 is 0 Å². The van der Waals surface area contributed by atoms with Gasteiger partial charge in [-0.3, -0.25) is 0 Å². The highest BCUT2D eigenvalue weighted by atomic mass is 15.0. The van der Waals surface area contributed by atoms with Gasteiger partial charge < -0.3 is 0 Å². The van der Waals surface area contributed by atoms with Crippen LogP contribution in [-0.2, 0) is 0 Å². The molecule has 5 nitrogen and oxygen atoms in total. The van der Waals surface area contributed by atoms with Crippen LogP contribution in [0.3, 0.4) is 0 Å². The second kappa shape index (κ2) is 13.7. The molecule has 2 aromatic heterocycles. The summed E-state index contributed by atoms with van der Waals surface area (Å²) in [4.78, 5) is 25.0. The Bertz CT molecular complexity index is 2530. The van der Waals surface area contributed by atoms with E-state index >= 15 is 0 Å². The zero-order valence-electron chi connectivity index (χ0n) is 28.1. The second-order valence-corrected chi connectivity index (χ2v) is 12.5. The van der Waals surface area contributed by atoms with Gasteiger partial charge in [0.2, 0.25) is 0 Å². The van der Waals surface area contributed by atoms with E-state index in [1.807, 2.05) is 97.1 Å². The molecule has 0 bridgehead atoms. The van der Waals surface area contributed by atoms with Gasteiger partial charge in [-0.05, 0) is 28.0 Å². The second-order valence-electron chi connectivity index (χ2n) is 12.5. The molecule has 244 valence electrons. The predicted molar refractivity (Wildman–Crippen MR) is 211 cm³/mol. The fraction of sp³-hybridized carbons (Fsp3) is 0. The van der Waals surface area contributed by atoms with E-state index in [-0.39, 0.29) is 0 Å². The van der Waals surface area contributed by atoms with Crippen LogP contribution in [-0.4, -0.2) is 24.9 Å². The number of hydrogen-bond donors (Lipinski definition) is 0. The third kappa shape index (κ3) is 6.12. The predicted octanol–water partition coefficient (Wildman–Crippen LogP) is 11.5. The number of hydrogen-bond acceptors (Lipinski definition) is 5. The van der Waals surface area contributed by atoms with Gasteiger partial charge in [0.25, 0.3) is 0 Å². The number of benzene rings is 7. The van der Waals surface area contributed by atoms with Crippen LogP contribution in [0.25, 0.3) is 90.0 Å². The minimum absolute atomic E-state index is 0.619. The molecule has 0 fully saturated rings. The molecule has 0 N–H and O–H groups in total. The highest BCUT2D eigenvalue weighted by Crippen LogP contribution is 2.40. The van der Waals surface area contributed by atoms with Crippen LogP contribution in [0.4, 0.5) is 0 Å². The largest absolute Gasteiger partial charge is 0.228 e. The van der Waals surface area contributed by atoms with E-state index < -0.39 is 0 Å². The van der Waals surface area contributed by atoms with Crippen molar-refractivity contribution in [1.29, 1.82) is 0 Å². The maximum Gasteiger partial charge on any atom is 0.164 e. The van der Waals surface area contributed by atoms with Crippen molar-refractivity contribution in [1.82, 2.24) is 24.9 Å². The third-order valence-corrected chi connectivity index (χ3v) is 9.17. The molecule has 0 aliphatic heterocycles. The molecule has 52 heavy (non-hydrogen) atoms. The van der Waals surface area contributed by atoms with E-state index in [9.17, 15) is 0 Å². The summed E-state index contributed by atoms with van der Waals surface area (Å²) in [7, 11) is 0. The lowest BCUT2D eigenvalue weighted by Gasteiger charge is -2.16. The standard InChI is InChI=1S/C47H31N5/c1-5-16-34(17-6-1)41-31-42(49-44(48-41)35-18-7-2-8-19-35)43-39-24-14-13-15-32(39)29-30-40(43)33-25-27-38(28-26-33)47-51-45(36-20-9-3-10-21-36)50-46(52-47)37-22-11-4-12-23-37/h1-31H. The molecular formula is C47H31N5. The van der Waals surface area contributed by atoms with Crippen molar-refractivity contribution in [2.45, 2.75) is 0 Å². The van der Waals surface area contributed by atoms with Gasteiger partial charge in [-0.2, -0.15) is 0 Å². The molecule has 0 spiro atoms. The minimum atomic E-state index is 0.619. The maximum absolute atomic E-state index is 5.24. The van der Waals surface area contributed by atoms with Crippen molar-refractivity contribution in [2.75, 3.05) is 0 Å². The van der Waals surface area contributed by atoms with Gasteiger partial charge in [-0.1, -0.05) is 182 Å². The Morgan fingerprint density at radius 3 is 1.21 bits per heavy atom. The molecule has 0 unspecified atom stereocenters. The maximum atomic E-state index is 5.24. The molecule has 0 saturated heterocycles. The molecular weight excluding hydrogens is 635 g/mol. The van der Waals surface area contributed by atoms with Crippen LogP contribution in [0, 0.1) is 0 Å². The lowest BCUT2D eigenvalue weighted by Crippen LogP contribution is -2.00. The summed E-state index contributed by atoms with van der Waals surface area (Å²) in [5.41, 5.74) is 9.72. The Kier molecular flexibility index (Phi) is 8.12. The summed E-state index contributed by atoms with van der Waals surface area (Å²) >= 11 is 0. The van der Waals surface area contributed by atoms with Gasteiger partial charge in [-0.25, -0.2) is 24.9 Å². The molecule has 0 amide bonds. The Labute approximate surface area is 302 Å². The van der Waals surface area contributed by atoms with E-state index in [4.69, 9.17) is 24.9 Å². The average molecular weight is 666 g/mol. The van der Waals surface area contributed by atoms with E-state index in [2.05, 4.69) is 91.0 Å². The number of rotatable bonds is 7. The first-order valence-corrected chi connectivity index (χ1v) is 17.3. The Hall–Kier alpha value is -7.11. The SMILES string of the molecule is c1ccc(-c2cc(-c3c(-c4ccc(-c5nc(-c6ccccc6)nc(-c6ccccc6)n5)cc4)ccc4ccccc34)nc(-c3ccccc3)n2)cc1. The van der Waals surface area contributed by atoms with Crippen LogP contribution in [0.2, 0.25) is 0 Å². The van der Waals surface area contributed by atoms with E-state index in [0.29, 0.717) is 23.3 Å². The highest BCUT2D eigenvalue weighted by molar-refractivity contribution is 6.04. The number of fused-ring (bicyclic) bond motifs is 1. The lowest BCUT2D eigenvalue weighted by molar-refractivity contribution is 1.07. The number of aromatic nitrogens is 5. The molecule has 9 aromatic rings. The molecule has 0 aliphatic rings. The average Bonchev–Trinajstić information content (AvgIpc) is 3.24. The summed E-state index contributed by atoms with van der Waals surface area (Å²) < 4.78 is 0. The van der Waals surface area contributed by atoms with Gasteiger partial charge in [0.05, 0.1) is 11.4 Å². The zero-order chi connectivity index (χ0) is 34.7. The summed E-state index contributed by atoms with van der Waals surface area (Å²) in [6.45, 7) is 0. The van der Waals surface area contributed by atoms with Gasteiger partial charge in [0.1, 0.15) is 0 Å². The molecule has 7 aromatic carbocycles. The van der Waals surface area contributed by atoms with E-state index in [0.717, 1.165) is 66.7 Å². The lowest BCUT2D eigenvalue weighted by atomic mass is 9.91. The molecule has 0 aliphatic carbocycles. The van der Waals surface area contributed by atoms with Crippen molar-refractivity contribution >= 4 is 10.8 Å². The fourth-order valence-corrected chi connectivity index (χ4v) is 6.57. The van der Waals surface area contributed by atoms with E-state index in [1.54, 1.807) is 0 Å². The van der Waals surface area contributed by atoms with Gasteiger partial charge in [-0.15, -0.1) is 0 Å². The Morgan fingerprint density at radius 2 is 0.673 bits per heavy atom. The quantitative estimate of drug-likeness (QED) is 0.169. The molecule has 9 rings (SSSR count). The smallest absolute Gasteiger partial charge is 0.164 e. The van der Waals surface area contributed by atoms with Crippen molar-refractivity contribution in [3.63, 3.8) is 0 Å². The van der Waals surface area contributed by atoms with Crippen molar-refractivity contribution in [3.05, 3.63) is 188 Å². The van der Waals surface area contributed by atoms with Gasteiger partial charge in [0, 0.05) is 33.4 Å². The molecule has 0 saturated carbocycles. The first kappa shape index (κ1) is 30.9. The van der Waals surface area contributed by atoms with Crippen molar-refractivity contribution < 1.29 is 0 Å². The summed E-state index contributed by atoms with van der Waals surface area (Å²) in [6.07, 6.45) is 0. The summed E-state index contributed by atoms with van der Waals surface area (Å²) in [5, 5.41) is 2.27.